The maximum atomic E-state index is 13.5. The fourth-order valence-electron chi connectivity index (χ4n) is 3.24. The number of hydrogen-bond donors (Lipinski definition) is 2. The molecule has 30 heavy (non-hydrogen) atoms. The topological polar surface area (TPSA) is 68.2 Å². The number of nitrogens with one attached hydrogen (secondary N) is 1. The first kappa shape index (κ1) is 24.4. The van der Waals surface area contributed by atoms with E-state index >= 15 is 0 Å². The lowest BCUT2D eigenvalue weighted by Gasteiger charge is -2.36. The van der Waals surface area contributed by atoms with Gasteiger partial charge in [0.1, 0.15) is 5.82 Å². The highest BCUT2D eigenvalue weighted by atomic mass is 127. The molecule has 2 aromatic rings. The van der Waals surface area contributed by atoms with Crippen LogP contribution in [-0.4, -0.2) is 53.5 Å². The van der Waals surface area contributed by atoms with Gasteiger partial charge >= 0.3 is 0 Å². The van der Waals surface area contributed by atoms with E-state index in [-0.39, 0.29) is 48.6 Å². The van der Waals surface area contributed by atoms with Gasteiger partial charge in [-0.05, 0) is 35.4 Å². The lowest BCUT2D eigenvalue weighted by Crippen LogP contribution is -2.54. The minimum Gasteiger partial charge on any atom is -0.392 e. The van der Waals surface area contributed by atoms with Gasteiger partial charge in [0.2, 0.25) is 5.91 Å². The predicted molar refractivity (Wildman–Crippen MR) is 126 cm³/mol. The Morgan fingerprint density at radius 1 is 1.20 bits per heavy atom. The van der Waals surface area contributed by atoms with E-state index in [1.165, 1.54) is 6.07 Å². The zero-order chi connectivity index (χ0) is 20.8. The van der Waals surface area contributed by atoms with Crippen molar-refractivity contribution in [1.82, 2.24) is 15.1 Å². The van der Waals surface area contributed by atoms with E-state index in [1.54, 1.807) is 19.2 Å². The van der Waals surface area contributed by atoms with E-state index in [9.17, 15) is 14.3 Å². The number of hydrogen-bond acceptors (Lipinski definition) is 3. The normalized spacial score (nSPS) is 14.5. The maximum Gasteiger partial charge on any atom is 0.242 e. The van der Waals surface area contributed by atoms with Gasteiger partial charge < -0.3 is 20.2 Å². The quantitative estimate of drug-likeness (QED) is 0.344. The predicted octanol–water partition coefficient (Wildman–Crippen LogP) is 3.01. The molecule has 0 aromatic heterocycles. The molecule has 0 radical (unpaired) electrons. The molecular formula is C21H25ClFIN4O2. The monoisotopic (exact) mass is 546 g/mol. The molecule has 2 N–H and O–H groups in total. The third kappa shape index (κ3) is 6.29. The molecule has 6 nitrogen and oxygen atoms in total. The third-order valence-electron chi connectivity index (χ3n) is 4.85. The minimum atomic E-state index is -0.428. The van der Waals surface area contributed by atoms with E-state index in [2.05, 4.69) is 10.3 Å². The molecule has 1 saturated heterocycles. The van der Waals surface area contributed by atoms with Crippen molar-refractivity contribution < 1.29 is 14.3 Å². The van der Waals surface area contributed by atoms with E-state index in [0.717, 1.165) is 11.1 Å². The molecule has 0 atom stereocenters. The SMILES string of the molecule is CN=C(NCc1ccc(F)c(CO)c1)N1CCN(Cc2ccc(Cl)cc2)C(=O)C1.I. The number of nitrogens with zero attached hydrogens (tertiary/aromatic N) is 3. The van der Waals surface area contributed by atoms with E-state index in [4.69, 9.17) is 11.6 Å². The van der Waals surface area contributed by atoms with Crippen LogP contribution in [0.3, 0.4) is 0 Å². The fourth-order valence-corrected chi connectivity index (χ4v) is 3.37. The summed E-state index contributed by atoms with van der Waals surface area (Å²) in [5.74, 6) is 0.209. The molecule has 1 aliphatic rings. The first-order valence-corrected chi connectivity index (χ1v) is 9.74. The molecule has 0 aliphatic carbocycles. The lowest BCUT2D eigenvalue weighted by atomic mass is 10.1. The van der Waals surface area contributed by atoms with Gasteiger partial charge in [-0.2, -0.15) is 0 Å². The second-order valence-corrected chi connectivity index (χ2v) is 7.28. The van der Waals surface area contributed by atoms with Crippen molar-refractivity contribution in [2.24, 2.45) is 4.99 Å². The second-order valence-electron chi connectivity index (χ2n) is 6.85. The first-order chi connectivity index (χ1) is 14.0. The van der Waals surface area contributed by atoms with Crippen LogP contribution in [-0.2, 0) is 24.5 Å². The van der Waals surface area contributed by atoms with Crippen LogP contribution in [0.15, 0.2) is 47.5 Å². The van der Waals surface area contributed by atoms with Crippen LogP contribution in [0.2, 0.25) is 5.02 Å². The van der Waals surface area contributed by atoms with Gasteiger partial charge in [0.25, 0.3) is 0 Å². The smallest absolute Gasteiger partial charge is 0.242 e. The van der Waals surface area contributed by atoms with Crippen LogP contribution < -0.4 is 5.32 Å². The van der Waals surface area contributed by atoms with Crippen LogP contribution in [0.5, 0.6) is 0 Å². The number of piperazine rings is 1. The van der Waals surface area contributed by atoms with Gasteiger partial charge in [-0.15, -0.1) is 24.0 Å². The Morgan fingerprint density at radius 3 is 2.53 bits per heavy atom. The van der Waals surface area contributed by atoms with Crippen LogP contribution >= 0.6 is 35.6 Å². The molecule has 0 saturated carbocycles. The molecule has 0 spiro atoms. The second kappa shape index (κ2) is 11.5. The number of aliphatic imine (C=N–C) groups is 1. The Morgan fingerprint density at radius 2 is 1.90 bits per heavy atom. The number of benzene rings is 2. The van der Waals surface area contributed by atoms with E-state index in [0.29, 0.717) is 37.2 Å². The minimum absolute atomic E-state index is 0. The van der Waals surface area contributed by atoms with Crippen molar-refractivity contribution in [2.75, 3.05) is 26.7 Å². The summed E-state index contributed by atoms with van der Waals surface area (Å²) in [4.78, 5) is 20.6. The summed E-state index contributed by atoms with van der Waals surface area (Å²) < 4.78 is 13.5. The number of guanidine groups is 1. The summed E-state index contributed by atoms with van der Waals surface area (Å²) in [6.07, 6.45) is 0. The van der Waals surface area contributed by atoms with Crippen LogP contribution in [0.25, 0.3) is 0 Å². The number of carbonyl (C=O) groups is 1. The van der Waals surface area contributed by atoms with Crippen molar-refractivity contribution in [1.29, 1.82) is 0 Å². The summed E-state index contributed by atoms with van der Waals surface area (Å²) in [5.41, 5.74) is 2.12. The zero-order valence-corrected chi connectivity index (χ0v) is 19.7. The Hall–Kier alpha value is -1.91. The van der Waals surface area contributed by atoms with E-state index in [1.807, 2.05) is 34.1 Å². The maximum absolute atomic E-state index is 13.5. The molecule has 2 aromatic carbocycles. The molecule has 1 fully saturated rings. The summed E-state index contributed by atoms with van der Waals surface area (Å²) >= 11 is 5.91. The standard InChI is InChI=1S/C21H24ClFN4O2.HI/c1-24-21(25-11-16-4-7-19(23)17(10-16)14-28)27-9-8-26(20(29)13-27)12-15-2-5-18(22)6-3-15;/h2-7,10,28H,8-9,11-14H2,1H3,(H,24,25);1H. The average Bonchev–Trinajstić information content (AvgIpc) is 2.73. The van der Waals surface area contributed by atoms with Crippen molar-refractivity contribution in [3.05, 3.63) is 70.0 Å². The molecule has 9 heteroatoms. The van der Waals surface area contributed by atoms with Gasteiger partial charge in [-0.3, -0.25) is 9.79 Å². The fraction of sp³-hybridized carbons (Fsp3) is 0.333. The van der Waals surface area contributed by atoms with Crippen molar-refractivity contribution in [3.63, 3.8) is 0 Å². The molecule has 1 amide bonds. The highest BCUT2D eigenvalue weighted by molar-refractivity contribution is 14.0. The van der Waals surface area contributed by atoms with Gasteiger partial charge in [-0.25, -0.2) is 4.39 Å². The summed E-state index contributed by atoms with van der Waals surface area (Å²) in [6, 6.07) is 12.1. The number of halogens is 3. The summed E-state index contributed by atoms with van der Waals surface area (Å²) in [6.45, 7) is 2.10. The molecule has 162 valence electrons. The van der Waals surface area contributed by atoms with Crippen LogP contribution in [0.1, 0.15) is 16.7 Å². The lowest BCUT2D eigenvalue weighted by molar-refractivity contribution is -0.135. The number of amides is 1. The largest absolute Gasteiger partial charge is 0.392 e. The summed E-state index contributed by atoms with van der Waals surface area (Å²) in [7, 11) is 1.66. The highest BCUT2D eigenvalue weighted by Crippen LogP contribution is 2.14. The Bertz CT molecular complexity index is 895. The summed E-state index contributed by atoms with van der Waals surface area (Å²) in [5, 5.41) is 13.1. The Labute approximate surface area is 197 Å². The van der Waals surface area contributed by atoms with Gasteiger partial charge in [0.05, 0.1) is 13.2 Å². The van der Waals surface area contributed by atoms with Gasteiger partial charge in [-0.1, -0.05) is 29.8 Å². The highest BCUT2D eigenvalue weighted by Gasteiger charge is 2.26. The molecule has 0 unspecified atom stereocenters. The Balaban J connectivity index is 0.00000320. The number of aliphatic hydroxyl groups is 1. The van der Waals surface area contributed by atoms with Crippen molar-refractivity contribution >= 4 is 47.4 Å². The van der Waals surface area contributed by atoms with Gasteiger partial charge in [0, 0.05) is 43.8 Å². The van der Waals surface area contributed by atoms with Gasteiger partial charge in [0.15, 0.2) is 5.96 Å². The van der Waals surface area contributed by atoms with Crippen molar-refractivity contribution in [2.45, 2.75) is 19.7 Å². The molecule has 3 rings (SSSR count). The average molecular weight is 547 g/mol. The number of carbonyl (C=O) groups excluding carboxylic acids is 1. The molecule has 0 bridgehead atoms. The zero-order valence-electron chi connectivity index (χ0n) is 16.6. The first-order valence-electron chi connectivity index (χ1n) is 9.36. The number of rotatable bonds is 5. The van der Waals surface area contributed by atoms with Crippen LogP contribution in [0, 0.1) is 5.82 Å². The van der Waals surface area contributed by atoms with Crippen molar-refractivity contribution in [3.8, 4) is 0 Å². The molecule has 1 aliphatic heterocycles. The molecule has 1 heterocycles. The van der Waals surface area contributed by atoms with Crippen LogP contribution in [0.4, 0.5) is 4.39 Å². The Kier molecular flexibility index (Phi) is 9.32. The third-order valence-corrected chi connectivity index (χ3v) is 5.10. The number of aliphatic hydroxyl groups excluding tert-OH is 1. The van der Waals surface area contributed by atoms with E-state index < -0.39 is 5.82 Å². The molecular weight excluding hydrogens is 522 g/mol.